The Kier molecular flexibility index (Phi) is 9.95. The summed E-state index contributed by atoms with van der Waals surface area (Å²) >= 11 is 3.59. The van der Waals surface area contributed by atoms with Crippen molar-refractivity contribution in [2.24, 2.45) is 0 Å². The van der Waals surface area contributed by atoms with E-state index in [9.17, 15) is 9.18 Å². The predicted molar refractivity (Wildman–Crippen MR) is 95.7 cm³/mol. The van der Waals surface area contributed by atoms with Gasteiger partial charge in [-0.15, -0.1) is 24.2 Å². The molecule has 2 N–H and O–H groups in total. The second kappa shape index (κ2) is 11.2. The van der Waals surface area contributed by atoms with E-state index in [4.69, 9.17) is 0 Å². The summed E-state index contributed by atoms with van der Waals surface area (Å²) in [7, 11) is 0. The van der Waals surface area contributed by atoms with Crippen LogP contribution in [-0.2, 0) is 4.79 Å². The number of carbonyl (C=O) groups is 1. The number of amides is 1. The highest BCUT2D eigenvalue weighted by Crippen LogP contribution is 2.18. The van der Waals surface area contributed by atoms with Gasteiger partial charge >= 0.3 is 0 Å². The molecule has 0 aromatic heterocycles. The van der Waals surface area contributed by atoms with Gasteiger partial charge in [0.15, 0.2) is 0 Å². The first-order valence-electron chi connectivity index (χ1n) is 7.20. The molecular formula is C15H22ClFN2OS2. The Morgan fingerprint density at radius 2 is 2.18 bits per heavy atom. The molecule has 1 fully saturated rings. The third kappa shape index (κ3) is 7.72. The summed E-state index contributed by atoms with van der Waals surface area (Å²) < 4.78 is 12.7. The van der Waals surface area contributed by atoms with Crippen molar-refractivity contribution in [2.45, 2.75) is 23.8 Å². The maximum atomic E-state index is 12.7. The lowest BCUT2D eigenvalue weighted by Crippen LogP contribution is -2.41. The van der Waals surface area contributed by atoms with Gasteiger partial charge in [-0.25, -0.2) is 4.39 Å². The highest BCUT2D eigenvalue weighted by atomic mass is 35.5. The van der Waals surface area contributed by atoms with Gasteiger partial charge < -0.3 is 10.6 Å². The Balaban J connectivity index is 0.00000242. The zero-order valence-electron chi connectivity index (χ0n) is 12.3. The molecule has 1 amide bonds. The van der Waals surface area contributed by atoms with Crippen LogP contribution in [-0.4, -0.2) is 42.3 Å². The fourth-order valence-electron chi connectivity index (χ4n) is 2.07. The Morgan fingerprint density at radius 1 is 1.41 bits per heavy atom. The molecule has 1 atom stereocenters. The summed E-state index contributed by atoms with van der Waals surface area (Å²) in [6, 6.07) is 6.83. The van der Waals surface area contributed by atoms with E-state index in [1.807, 2.05) is 11.8 Å². The van der Waals surface area contributed by atoms with Crippen molar-refractivity contribution >= 4 is 41.8 Å². The molecule has 1 aliphatic heterocycles. The van der Waals surface area contributed by atoms with Gasteiger partial charge in [-0.05, 0) is 36.4 Å². The first-order chi connectivity index (χ1) is 10.2. The molecule has 0 radical (unpaired) electrons. The maximum absolute atomic E-state index is 12.7. The number of hydrogen-bond donors (Lipinski definition) is 2. The van der Waals surface area contributed by atoms with Crippen molar-refractivity contribution in [3.63, 3.8) is 0 Å². The Morgan fingerprint density at radius 3 is 2.86 bits per heavy atom. The van der Waals surface area contributed by atoms with Crippen molar-refractivity contribution in [3.05, 3.63) is 30.1 Å². The molecule has 0 bridgehead atoms. The zero-order valence-corrected chi connectivity index (χ0v) is 14.8. The molecule has 0 saturated carbocycles. The van der Waals surface area contributed by atoms with Crippen LogP contribution in [0.25, 0.3) is 0 Å². The zero-order chi connectivity index (χ0) is 14.9. The van der Waals surface area contributed by atoms with Crippen molar-refractivity contribution < 1.29 is 9.18 Å². The lowest BCUT2D eigenvalue weighted by atomic mass is 10.2. The number of halogens is 2. The molecule has 3 nitrogen and oxygen atoms in total. The van der Waals surface area contributed by atoms with Gasteiger partial charge in [0.05, 0.1) is 0 Å². The molecule has 0 spiro atoms. The molecule has 1 unspecified atom stereocenters. The van der Waals surface area contributed by atoms with Crippen LogP contribution in [0.15, 0.2) is 29.2 Å². The molecule has 7 heteroatoms. The number of benzene rings is 1. The minimum Gasteiger partial charge on any atom is -0.356 e. The van der Waals surface area contributed by atoms with Crippen LogP contribution in [0.4, 0.5) is 4.39 Å². The van der Waals surface area contributed by atoms with E-state index in [-0.39, 0.29) is 24.1 Å². The third-order valence-corrected chi connectivity index (χ3v) is 5.39. The molecule has 1 aromatic carbocycles. The van der Waals surface area contributed by atoms with Gasteiger partial charge in [-0.2, -0.15) is 11.8 Å². The molecule has 0 aliphatic carbocycles. The van der Waals surface area contributed by atoms with Gasteiger partial charge in [-0.3, -0.25) is 4.79 Å². The minimum atomic E-state index is -0.207. The first kappa shape index (κ1) is 19.6. The van der Waals surface area contributed by atoms with Gasteiger partial charge in [0, 0.05) is 42.0 Å². The Hall–Kier alpha value is -0.430. The van der Waals surface area contributed by atoms with Crippen molar-refractivity contribution in [1.29, 1.82) is 0 Å². The smallest absolute Gasteiger partial charge is 0.221 e. The second-order valence-corrected chi connectivity index (χ2v) is 7.25. The van der Waals surface area contributed by atoms with Gasteiger partial charge in [0.25, 0.3) is 0 Å². The van der Waals surface area contributed by atoms with Crippen molar-refractivity contribution in [1.82, 2.24) is 10.6 Å². The van der Waals surface area contributed by atoms with Gasteiger partial charge in [-0.1, -0.05) is 0 Å². The van der Waals surface area contributed by atoms with Crippen LogP contribution < -0.4 is 10.6 Å². The largest absolute Gasteiger partial charge is 0.356 e. The van der Waals surface area contributed by atoms with E-state index in [1.165, 1.54) is 12.1 Å². The van der Waals surface area contributed by atoms with E-state index in [2.05, 4.69) is 10.6 Å². The molecule has 1 heterocycles. The standard InChI is InChI=1S/C15H21FN2OS2.ClH/c16-12-2-4-14(5-3-12)21-8-1-6-18-15(19)10-13-11-20-9-7-17-13;/h2-5,13,17H,1,6-11H2,(H,18,19);1H. The monoisotopic (exact) mass is 364 g/mol. The summed E-state index contributed by atoms with van der Waals surface area (Å²) in [5.41, 5.74) is 0. The normalized spacial score (nSPS) is 17.6. The molecule has 1 aromatic rings. The fraction of sp³-hybridized carbons (Fsp3) is 0.533. The molecule has 22 heavy (non-hydrogen) atoms. The lowest BCUT2D eigenvalue weighted by molar-refractivity contribution is -0.121. The predicted octanol–water partition coefficient (Wildman–Crippen LogP) is 2.94. The number of thioether (sulfide) groups is 2. The average Bonchev–Trinajstić information content (AvgIpc) is 2.50. The van der Waals surface area contributed by atoms with Crippen molar-refractivity contribution in [3.8, 4) is 0 Å². The van der Waals surface area contributed by atoms with Crippen molar-refractivity contribution in [2.75, 3.05) is 30.3 Å². The van der Waals surface area contributed by atoms with E-state index in [0.29, 0.717) is 19.0 Å². The summed E-state index contributed by atoms with van der Waals surface area (Å²) in [5.74, 6) is 3.00. The first-order valence-corrected chi connectivity index (χ1v) is 9.34. The topological polar surface area (TPSA) is 41.1 Å². The summed E-state index contributed by atoms with van der Waals surface area (Å²) in [6.45, 7) is 1.70. The van der Waals surface area contributed by atoms with Crippen LogP contribution >= 0.6 is 35.9 Å². The van der Waals surface area contributed by atoms with Crippen LogP contribution in [0, 0.1) is 5.82 Å². The van der Waals surface area contributed by atoms with Crippen LogP contribution in [0.3, 0.4) is 0 Å². The summed E-state index contributed by atoms with van der Waals surface area (Å²) in [5, 5.41) is 6.33. The SMILES string of the molecule is Cl.O=C(CC1CSCCN1)NCCCSc1ccc(F)cc1. The highest BCUT2D eigenvalue weighted by Gasteiger charge is 2.16. The molecule has 2 rings (SSSR count). The number of carbonyl (C=O) groups excluding carboxylic acids is 1. The van der Waals surface area contributed by atoms with E-state index in [0.717, 1.165) is 35.1 Å². The molecule has 1 saturated heterocycles. The summed E-state index contributed by atoms with van der Waals surface area (Å²) in [6.07, 6.45) is 1.48. The molecular weight excluding hydrogens is 343 g/mol. The van der Waals surface area contributed by atoms with E-state index < -0.39 is 0 Å². The Bertz CT molecular complexity index is 442. The molecule has 124 valence electrons. The van der Waals surface area contributed by atoms with E-state index in [1.54, 1.807) is 23.9 Å². The highest BCUT2D eigenvalue weighted by molar-refractivity contribution is 7.99. The second-order valence-electron chi connectivity index (χ2n) is 4.94. The minimum absolute atomic E-state index is 0. The third-order valence-electron chi connectivity index (χ3n) is 3.16. The van der Waals surface area contributed by atoms with Gasteiger partial charge in [0.2, 0.25) is 5.91 Å². The number of nitrogens with one attached hydrogen (secondary N) is 2. The van der Waals surface area contributed by atoms with Crippen LogP contribution in [0.5, 0.6) is 0 Å². The average molecular weight is 365 g/mol. The van der Waals surface area contributed by atoms with Gasteiger partial charge in [0.1, 0.15) is 5.82 Å². The lowest BCUT2D eigenvalue weighted by Gasteiger charge is -2.22. The Labute approximate surface area is 146 Å². The van der Waals surface area contributed by atoms with Crippen LogP contribution in [0.2, 0.25) is 0 Å². The van der Waals surface area contributed by atoms with Crippen LogP contribution in [0.1, 0.15) is 12.8 Å². The van der Waals surface area contributed by atoms with E-state index >= 15 is 0 Å². The quantitative estimate of drug-likeness (QED) is 0.576. The fourth-order valence-corrected chi connectivity index (χ4v) is 3.87. The summed E-state index contributed by atoms with van der Waals surface area (Å²) in [4.78, 5) is 12.8. The number of hydrogen-bond acceptors (Lipinski definition) is 4. The number of rotatable bonds is 7. The molecule has 1 aliphatic rings. The maximum Gasteiger partial charge on any atom is 0.221 e.